The average Bonchev–Trinajstić information content (AvgIpc) is 2.89. The molecule has 0 saturated heterocycles. The molecule has 0 radical (unpaired) electrons. The Bertz CT molecular complexity index is 1260. The van der Waals surface area contributed by atoms with Crippen LogP contribution in [0, 0.1) is 0 Å². The zero-order valence-corrected chi connectivity index (χ0v) is 25.7. The van der Waals surface area contributed by atoms with Gasteiger partial charge in [0.05, 0.1) is 4.47 Å². The van der Waals surface area contributed by atoms with Crippen LogP contribution >= 0.6 is 27.5 Å². The van der Waals surface area contributed by atoms with Gasteiger partial charge in [0.15, 0.2) is 6.61 Å². The van der Waals surface area contributed by atoms with Crippen molar-refractivity contribution in [3.05, 3.63) is 99.0 Å². The molecule has 2 atom stereocenters. The Labute approximate surface area is 246 Å². The minimum absolute atomic E-state index is 0.0156. The smallest absolute Gasteiger partial charge is 0.261 e. The Morgan fingerprint density at radius 3 is 2.31 bits per heavy atom. The Kier molecular flexibility index (Phi) is 11.0. The third kappa shape index (κ3) is 9.11. The van der Waals surface area contributed by atoms with Gasteiger partial charge in [-0.15, -0.1) is 0 Å². The van der Waals surface area contributed by atoms with E-state index in [1.807, 2.05) is 80.6 Å². The van der Waals surface area contributed by atoms with Crippen molar-refractivity contribution < 1.29 is 14.3 Å². The molecule has 0 aliphatic carbocycles. The monoisotopic (exact) mass is 612 g/mol. The first-order valence-corrected chi connectivity index (χ1v) is 14.5. The van der Waals surface area contributed by atoms with Crippen molar-refractivity contribution in [2.24, 2.45) is 0 Å². The van der Waals surface area contributed by atoms with Gasteiger partial charge in [0.2, 0.25) is 5.91 Å². The van der Waals surface area contributed by atoms with Gasteiger partial charge >= 0.3 is 0 Å². The summed E-state index contributed by atoms with van der Waals surface area (Å²) in [6.45, 7) is 10.4. The second-order valence-electron chi connectivity index (χ2n) is 10.9. The lowest BCUT2D eigenvalue weighted by molar-refractivity contribution is -0.143. The maximum Gasteiger partial charge on any atom is 0.261 e. The summed E-state index contributed by atoms with van der Waals surface area (Å²) in [6, 6.07) is 22.2. The predicted molar refractivity (Wildman–Crippen MR) is 162 cm³/mol. The number of carbonyl (C=O) groups is 2. The van der Waals surface area contributed by atoms with Crippen molar-refractivity contribution in [1.29, 1.82) is 0 Å². The molecule has 0 saturated carbocycles. The van der Waals surface area contributed by atoms with Crippen LogP contribution in [0.15, 0.2) is 77.3 Å². The summed E-state index contributed by atoms with van der Waals surface area (Å²) in [4.78, 5) is 29.0. The number of halogens is 2. The zero-order chi connectivity index (χ0) is 28.6. The minimum atomic E-state index is -0.733. The van der Waals surface area contributed by atoms with Crippen molar-refractivity contribution in [3.8, 4) is 5.75 Å². The van der Waals surface area contributed by atoms with Crippen LogP contribution in [0.5, 0.6) is 5.75 Å². The summed E-state index contributed by atoms with van der Waals surface area (Å²) in [7, 11) is 0. The summed E-state index contributed by atoms with van der Waals surface area (Å²) in [6.07, 6.45) is 1.16. The first kappa shape index (κ1) is 30.7. The number of hydrogen-bond donors (Lipinski definition) is 1. The lowest BCUT2D eigenvalue weighted by Crippen LogP contribution is -2.53. The number of nitrogens with zero attached hydrogens (tertiary/aromatic N) is 1. The average molecular weight is 614 g/mol. The van der Waals surface area contributed by atoms with Gasteiger partial charge in [-0.25, -0.2) is 0 Å². The molecular formula is C32H38BrClN2O3. The summed E-state index contributed by atoms with van der Waals surface area (Å²) >= 11 is 9.85. The van der Waals surface area contributed by atoms with Crippen molar-refractivity contribution in [1.82, 2.24) is 10.2 Å². The van der Waals surface area contributed by atoms with Crippen LogP contribution in [0.3, 0.4) is 0 Å². The molecule has 7 heteroatoms. The molecule has 3 aromatic carbocycles. The van der Waals surface area contributed by atoms with Gasteiger partial charge in [-0.2, -0.15) is 0 Å². The second kappa shape index (κ2) is 14.0. The minimum Gasteiger partial charge on any atom is -0.483 e. The third-order valence-corrected chi connectivity index (χ3v) is 7.52. The highest BCUT2D eigenvalue weighted by molar-refractivity contribution is 9.10. The van der Waals surface area contributed by atoms with E-state index in [1.165, 1.54) is 0 Å². The predicted octanol–water partition coefficient (Wildman–Crippen LogP) is 7.33. The van der Waals surface area contributed by atoms with E-state index in [0.717, 1.165) is 27.6 Å². The molecule has 0 spiro atoms. The SMILES string of the molecule is CC[C@H](C)NC(=O)[C@@H](Cc1ccccc1)N(Cc1cccc(Cl)c1)C(=O)COc1ccc(C(C)(C)C)cc1Br. The molecule has 208 valence electrons. The van der Waals surface area contributed by atoms with Crippen LogP contribution < -0.4 is 10.1 Å². The summed E-state index contributed by atoms with van der Waals surface area (Å²) in [5.74, 6) is 0.0871. The first-order chi connectivity index (χ1) is 18.5. The number of amides is 2. The quantitative estimate of drug-likeness (QED) is 0.246. The second-order valence-corrected chi connectivity index (χ2v) is 12.1. The summed E-state index contributed by atoms with van der Waals surface area (Å²) in [5.41, 5.74) is 2.94. The highest BCUT2D eigenvalue weighted by Gasteiger charge is 2.31. The Hall–Kier alpha value is -2.83. The summed E-state index contributed by atoms with van der Waals surface area (Å²) in [5, 5.41) is 3.65. The van der Waals surface area contributed by atoms with Crippen LogP contribution in [0.4, 0.5) is 0 Å². The highest BCUT2D eigenvalue weighted by Crippen LogP contribution is 2.31. The highest BCUT2D eigenvalue weighted by atomic mass is 79.9. The van der Waals surface area contributed by atoms with Gasteiger partial charge in [-0.05, 0) is 75.6 Å². The zero-order valence-electron chi connectivity index (χ0n) is 23.3. The number of rotatable bonds is 11. The van der Waals surface area contributed by atoms with Crippen LogP contribution in [-0.4, -0.2) is 35.4 Å². The van der Waals surface area contributed by atoms with E-state index in [1.54, 1.807) is 11.0 Å². The fourth-order valence-electron chi connectivity index (χ4n) is 4.13. The molecule has 3 rings (SSSR count). The molecule has 5 nitrogen and oxygen atoms in total. The molecule has 0 aliphatic heterocycles. The van der Waals surface area contributed by atoms with Gasteiger partial charge < -0.3 is 15.0 Å². The molecule has 0 fully saturated rings. The number of hydrogen-bond acceptors (Lipinski definition) is 3. The van der Waals surface area contributed by atoms with E-state index in [2.05, 4.69) is 42.0 Å². The lowest BCUT2D eigenvalue weighted by Gasteiger charge is -2.32. The van der Waals surface area contributed by atoms with Gasteiger partial charge in [-0.3, -0.25) is 9.59 Å². The fourth-order valence-corrected chi connectivity index (χ4v) is 4.84. The van der Waals surface area contributed by atoms with Gasteiger partial charge in [0, 0.05) is 24.0 Å². The Morgan fingerprint density at radius 1 is 1.00 bits per heavy atom. The molecule has 0 aromatic heterocycles. The largest absolute Gasteiger partial charge is 0.483 e. The number of carbonyl (C=O) groups excluding carboxylic acids is 2. The van der Waals surface area contributed by atoms with Crippen molar-refractivity contribution in [2.75, 3.05) is 6.61 Å². The lowest BCUT2D eigenvalue weighted by atomic mass is 9.87. The van der Waals surface area contributed by atoms with Crippen molar-refractivity contribution >= 4 is 39.3 Å². The normalized spacial score (nSPS) is 12.9. The molecule has 0 unspecified atom stereocenters. The Morgan fingerprint density at radius 2 is 1.69 bits per heavy atom. The molecule has 0 heterocycles. The van der Waals surface area contributed by atoms with Crippen molar-refractivity contribution in [2.45, 2.75) is 71.5 Å². The molecule has 3 aromatic rings. The van der Waals surface area contributed by atoms with E-state index >= 15 is 0 Å². The number of nitrogens with one attached hydrogen (secondary N) is 1. The number of ether oxygens (including phenoxy) is 1. The van der Waals surface area contributed by atoms with Crippen LogP contribution in [0.25, 0.3) is 0 Å². The van der Waals surface area contributed by atoms with E-state index < -0.39 is 6.04 Å². The van der Waals surface area contributed by atoms with E-state index in [4.69, 9.17) is 16.3 Å². The molecular weight excluding hydrogens is 576 g/mol. The van der Waals surface area contributed by atoms with E-state index in [0.29, 0.717) is 17.2 Å². The van der Waals surface area contributed by atoms with Crippen LogP contribution in [0.2, 0.25) is 5.02 Å². The third-order valence-electron chi connectivity index (χ3n) is 6.66. The van der Waals surface area contributed by atoms with Crippen LogP contribution in [0.1, 0.15) is 57.7 Å². The molecule has 2 amide bonds. The molecule has 0 bridgehead atoms. The fraction of sp³-hybridized carbons (Fsp3) is 0.375. The van der Waals surface area contributed by atoms with Gasteiger partial charge in [0.25, 0.3) is 5.91 Å². The summed E-state index contributed by atoms with van der Waals surface area (Å²) < 4.78 is 6.77. The van der Waals surface area contributed by atoms with Gasteiger partial charge in [0.1, 0.15) is 11.8 Å². The van der Waals surface area contributed by atoms with E-state index in [9.17, 15) is 9.59 Å². The van der Waals surface area contributed by atoms with Crippen LogP contribution in [-0.2, 0) is 28.0 Å². The van der Waals surface area contributed by atoms with Crippen molar-refractivity contribution in [3.63, 3.8) is 0 Å². The Balaban J connectivity index is 1.92. The van der Waals surface area contributed by atoms with E-state index in [-0.39, 0.29) is 36.4 Å². The topological polar surface area (TPSA) is 58.6 Å². The standard InChI is InChI=1S/C32H38BrClN2O3/c1-6-22(2)35-31(38)28(18-23-11-8-7-9-12-23)36(20-24-13-10-14-26(34)17-24)30(37)21-39-29-16-15-25(19-27(29)33)32(3,4)5/h7-17,19,22,28H,6,18,20-21H2,1-5H3,(H,35,38)/t22-,28+/m0/s1. The maximum atomic E-state index is 13.8. The number of benzene rings is 3. The van der Waals surface area contributed by atoms with Gasteiger partial charge in [-0.1, -0.05) is 87.8 Å². The first-order valence-electron chi connectivity index (χ1n) is 13.3. The molecule has 39 heavy (non-hydrogen) atoms. The maximum absolute atomic E-state index is 13.8. The molecule has 0 aliphatic rings. The molecule has 1 N–H and O–H groups in total.